The summed E-state index contributed by atoms with van der Waals surface area (Å²) < 4.78 is 5.87. The molecular formula is C17H15ClO2. The summed E-state index contributed by atoms with van der Waals surface area (Å²) in [7, 11) is 0. The molecule has 0 saturated heterocycles. The molecule has 0 radical (unpaired) electrons. The summed E-state index contributed by atoms with van der Waals surface area (Å²) >= 11 is 6.20. The van der Waals surface area contributed by atoms with Crippen molar-refractivity contribution in [3.05, 3.63) is 63.7 Å². The van der Waals surface area contributed by atoms with Gasteiger partial charge in [0.1, 0.15) is 12.4 Å². The van der Waals surface area contributed by atoms with Crippen LogP contribution in [0.3, 0.4) is 0 Å². The van der Waals surface area contributed by atoms with Crippen LogP contribution in [0.25, 0.3) is 0 Å². The number of benzene rings is 2. The average Bonchev–Trinajstić information content (AvgIpc) is 2.80. The van der Waals surface area contributed by atoms with Gasteiger partial charge in [-0.25, -0.2) is 0 Å². The van der Waals surface area contributed by atoms with E-state index in [0.29, 0.717) is 18.1 Å². The van der Waals surface area contributed by atoms with E-state index in [-0.39, 0.29) is 5.78 Å². The third-order valence-electron chi connectivity index (χ3n) is 3.63. The molecule has 2 aromatic rings. The van der Waals surface area contributed by atoms with Crippen molar-refractivity contribution < 1.29 is 9.53 Å². The smallest absolute Gasteiger partial charge is 0.163 e. The Morgan fingerprint density at radius 3 is 2.85 bits per heavy atom. The van der Waals surface area contributed by atoms with Crippen LogP contribution in [0.1, 0.15) is 33.5 Å². The standard InChI is InChI=1S/C17H15ClO2/c1-11-5-6-12(15(18)9-11)10-20-17-4-2-3-13-14(17)7-8-16(13)19/h2-6,9H,7-8,10H2,1H3. The number of hydrogen-bond acceptors (Lipinski definition) is 2. The van der Waals surface area contributed by atoms with Crippen molar-refractivity contribution in [3.8, 4) is 5.75 Å². The van der Waals surface area contributed by atoms with Crippen molar-refractivity contribution in [1.82, 2.24) is 0 Å². The fourth-order valence-electron chi connectivity index (χ4n) is 2.52. The zero-order valence-electron chi connectivity index (χ0n) is 11.3. The molecule has 0 N–H and O–H groups in total. The molecule has 0 saturated carbocycles. The minimum Gasteiger partial charge on any atom is -0.489 e. The number of carbonyl (C=O) groups is 1. The van der Waals surface area contributed by atoms with Crippen molar-refractivity contribution in [1.29, 1.82) is 0 Å². The molecular weight excluding hydrogens is 272 g/mol. The molecule has 0 heterocycles. The van der Waals surface area contributed by atoms with Crippen molar-refractivity contribution in [2.75, 3.05) is 0 Å². The van der Waals surface area contributed by atoms with E-state index in [9.17, 15) is 4.79 Å². The van der Waals surface area contributed by atoms with Gasteiger partial charge < -0.3 is 4.74 Å². The van der Waals surface area contributed by atoms with E-state index in [1.165, 1.54) is 0 Å². The molecule has 0 aromatic heterocycles. The Morgan fingerprint density at radius 2 is 2.05 bits per heavy atom. The zero-order chi connectivity index (χ0) is 14.1. The first-order valence-corrected chi connectivity index (χ1v) is 7.06. The molecule has 3 rings (SSSR count). The lowest BCUT2D eigenvalue weighted by molar-refractivity contribution is 0.0994. The van der Waals surface area contributed by atoms with E-state index in [1.54, 1.807) is 0 Å². The van der Waals surface area contributed by atoms with Crippen LogP contribution in [0.15, 0.2) is 36.4 Å². The Hall–Kier alpha value is -1.80. The van der Waals surface area contributed by atoms with Gasteiger partial charge in [0, 0.05) is 28.1 Å². The maximum absolute atomic E-state index is 11.7. The quantitative estimate of drug-likeness (QED) is 0.838. The number of carbonyl (C=O) groups excluding carboxylic acids is 1. The number of halogens is 1. The predicted molar refractivity (Wildman–Crippen MR) is 79.6 cm³/mol. The summed E-state index contributed by atoms with van der Waals surface area (Å²) in [6.07, 6.45) is 1.35. The first kappa shape index (κ1) is 13.2. The minimum absolute atomic E-state index is 0.207. The monoisotopic (exact) mass is 286 g/mol. The SMILES string of the molecule is Cc1ccc(COc2cccc3c2CCC3=O)c(Cl)c1. The Morgan fingerprint density at radius 1 is 1.20 bits per heavy atom. The van der Waals surface area contributed by atoms with Crippen LogP contribution < -0.4 is 4.74 Å². The lowest BCUT2D eigenvalue weighted by Gasteiger charge is -2.11. The van der Waals surface area contributed by atoms with Gasteiger partial charge in [0.05, 0.1) is 0 Å². The molecule has 1 aliphatic rings. The third kappa shape index (κ3) is 2.44. The molecule has 102 valence electrons. The van der Waals surface area contributed by atoms with Crippen molar-refractivity contribution in [2.45, 2.75) is 26.4 Å². The minimum atomic E-state index is 0.207. The van der Waals surface area contributed by atoms with Gasteiger partial charge in [-0.3, -0.25) is 4.79 Å². The molecule has 2 aromatic carbocycles. The highest BCUT2D eigenvalue weighted by Gasteiger charge is 2.22. The van der Waals surface area contributed by atoms with Gasteiger partial charge >= 0.3 is 0 Å². The van der Waals surface area contributed by atoms with E-state index in [2.05, 4.69) is 0 Å². The Balaban J connectivity index is 1.81. The molecule has 2 nitrogen and oxygen atoms in total. The largest absolute Gasteiger partial charge is 0.489 e. The number of ether oxygens (including phenoxy) is 1. The highest BCUT2D eigenvalue weighted by Crippen LogP contribution is 2.31. The van der Waals surface area contributed by atoms with Crippen LogP contribution in [0.2, 0.25) is 5.02 Å². The predicted octanol–water partition coefficient (Wildman–Crippen LogP) is 4.36. The van der Waals surface area contributed by atoms with Gasteiger partial charge in [0.15, 0.2) is 5.78 Å². The van der Waals surface area contributed by atoms with Gasteiger partial charge in [0.2, 0.25) is 0 Å². The number of ketones is 1. The molecule has 0 bridgehead atoms. The molecule has 20 heavy (non-hydrogen) atoms. The second kappa shape index (κ2) is 5.29. The third-order valence-corrected chi connectivity index (χ3v) is 3.98. The molecule has 0 unspecified atom stereocenters. The van der Waals surface area contributed by atoms with Crippen LogP contribution >= 0.6 is 11.6 Å². The summed E-state index contributed by atoms with van der Waals surface area (Å²) in [5, 5.41) is 0.716. The number of rotatable bonds is 3. The normalized spacial score (nSPS) is 13.4. The lowest BCUT2D eigenvalue weighted by atomic mass is 10.1. The van der Waals surface area contributed by atoms with Gasteiger partial charge in [-0.05, 0) is 31.0 Å². The van der Waals surface area contributed by atoms with E-state index >= 15 is 0 Å². The molecule has 0 atom stereocenters. The van der Waals surface area contributed by atoms with Crippen molar-refractivity contribution >= 4 is 17.4 Å². The second-order valence-electron chi connectivity index (χ2n) is 5.09. The lowest BCUT2D eigenvalue weighted by Crippen LogP contribution is -2.00. The Labute approximate surface area is 123 Å². The van der Waals surface area contributed by atoms with Crippen LogP contribution in [0, 0.1) is 6.92 Å². The average molecular weight is 287 g/mol. The van der Waals surface area contributed by atoms with Gasteiger partial charge in [-0.2, -0.15) is 0 Å². The van der Waals surface area contributed by atoms with Crippen LogP contribution in [-0.2, 0) is 13.0 Å². The number of aryl methyl sites for hydroxylation is 1. The van der Waals surface area contributed by atoms with E-state index < -0.39 is 0 Å². The maximum Gasteiger partial charge on any atom is 0.163 e. The number of Topliss-reactive ketones (excluding diaryl/α,β-unsaturated/α-hetero) is 1. The van der Waals surface area contributed by atoms with Gasteiger partial charge in [0.25, 0.3) is 0 Å². The first-order valence-electron chi connectivity index (χ1n) is 6.68. The Kier molecular flexibility index (Phi) is 3.49. The fourth-order valence-corrected chi connectivity index (χ4v) is 2.81. The molecule has 3 heteroatoms. The highest BCUT2D eigenvalue weighted by molar-refractivity contribution is 6.31. The molecule has 0 aliphatic heterocycles. The summed E-state index contributed by atoms with van der Waals surface area (Å²) in [6.45, 7) is 2.43. The second-order valence-corrected chi connectivity index (χ2v) is 5.50. The summed E-state index contributed by atoms with van der Waals surface area (Å²) in [4.78, 5) is 11.7. The van der Waals surface area contributed by atoms with Gasteiger partial charge in [-0.15, -0.1) is 0 Å². The van der Waals surface area contributed by atoms with E-state index in [0.717, 1.165) is 34.4 Å². The van der Waals surface area contributed by atoms with Crippen LogP contribution in [0.5, 0.6) is 5.75 Å². The summed E-state index contributed by atoms with van der Waals surface area (Å²) in [6, 6.07) is 11.6. The molecule has 1 aliphatic carbocycles. The zero-order valence-corrected chi connectivity index (χ0v) is 12.0. The molecule has 0 fully saturated rings. The van der Waals surface area contributed by atoms with E-state index in [1.807, 2.05) is 43.3 Å². The highest BCUT2D eigenvalue weighted by atomic mass is 35.5. The van der Waals surface area contributed by atoms with E-state index in [4.69, 9.17) is 16.3 Å². The molecule has 0 amide bonds. The summed E-state index contributed by atoms with van der Waals surface area (Å²) in [5.74, 6) is 1.00. The maximum atomic E-state index is 11.7. The first-order chi connectivity index (χ1) is 9.65. The van der Waals surface area contributed by atoms with Crippen LogP contribution in [0.4, 0.5) is 0 Å². The van der Waals surface area contributed by atoms with Crippen LogP contribution in [-0.4, -0.2) is 5.78 Å². The Bertz CT molecular complexity index is 677. The molecule has 0 spiro atoms. The van der Waals surface area contributed by atoms with Crippen molar-refractivity contribution in [2.24, 2.45) is 0 Å². The van der Waals surface area contributed by atoms with Crippen molar-refractivity contribution in [3.63, 3.8) is 0 Å². The summed E-state index contributed by atoms with van der Waals surface area (Å²) in [5.41, 5.74) is 3.92. The topological polar surface area (TPSA) is 26.3 Å². The number of fused-ring (bicyclic) bond motifs is 1. The number of hydrogen-bond donors (Lipinski definition) is 0. The fraction of sp³-hybridized carbons (Fsp3) is 0.235. The van der Waals surface area contributed by atoms with Gasteiger partial charge in [-0.1, -0.05) is 35.9 Å².